The first kappa shape index (κ1) is 14.6. The number of hydrogen-bond donors (Lipinski definition) is 2. The lowest BCUT2D eigenvalue weighted by Crippen LogP contribution is -2.12. The van der Waals surface area contributed by atoms with E-state index in [-0.39, 0.29) is 4.90 Å². The number of anilines is 1. The summed E-state index contributed by atoms with van der Waals surface area (Å²) >= 11 is 0. The van der Waals surface area contributed by atoms with Gasteiger partial charge >= 0.3 is 0 Å². The number of nitrogens with two attached hydrogens (primary N) is 1. The van der Waals surface area contributed by atoms with Gasteiger partial charge in [-0.05, 0) is 35.7 Å². The molecule has 0 unspecified atom stereocenters. The van der Waals surface area contributed by atoms with Gasteiger partial charge in [-0.1, -0.05) is 37.3 Å². The zero-order valence-electron chi connectivity index (χ0n) is 11.3. The summed E-state index contributed by atoms with van der Waals surface area (Å²) in [6, 6.07) is 14.8. The Hall–Kier alpha value is -1.85. The van der Waals surface area contributed by atoms with Crippen molar-refractivity contribution in [2.24, 2.45) is 5.14 Å². The second kappa shape index (κ2) is 6.07. The highest BCUT2D eigenvalue weighted by Gasteiger charge is 2.07. The molecule has 2 rings (SSSR count). The first-order valence-corrected chi connectivity index (χ1v) is 7.98. The van der Waals surface area contributed by atoms with Crippen molar-refractivity contribution >= 4 is 15.7 Å². The van der Waals surface area contributed by atoms with Gasteiger partial charge in [-0.25, -0.2) is 13.6 Å². The molecule has 0 aliphatic heterocycles. The van der Waals surface area contributed by atoms with E-state index >= 15 is 0 Å². The van der Waals surface area contributed by atoms with Crippen LogP contribution in [0.4, 0.5) is 5.69 Å². The fraction of sp³-hybridized carbons (Fsp3) is 0.200. The van der Waals surface area contributed by atoms with Crippen LogP contribution in [-0.4, -0.2) is 8.42 Å². The van der Waals surface area contributed by atoms with Crippen molar-refractivity contribution in [1.82, 2.24) is 0 Å². The van der Waals surface area contributed by atoms with Gasteiger partial charge in [0.1, 0.15) is 0 Å². The molecule has 2 aromatic carbocycles. The molecule has 0 aliphatic rings. The number of hydrogen-bond acceptors (Lipinski definition) is 3. The van der Waals surface area contributed by atoms with E-state index in [0.717, 1.165) is 17.7 Å². The van der Waals surface area contributed by atoms with Gasteiger partial charge in [0.2, 0.25) is 10.0 Å². The number of nitrogens with one attached hydrogen (secondary N) is 1. The fourth-order valence-electron chi connectivity index (χ4n) is 1.88. The Balaban J connectivity index is 2.07. The Bertz CT molecular complexity index is 679. The van der Waals surface area contributed by atoms with E-state index in [1.165, 1.54) is 17.7 Å². The topological polar surface area (TPSA) is 72.2 Å². The van der Waals surface area contributed by atoms with Crippen LogP contribution in [0, 0.1) is 0 Å². The van der Waals surface area contributed by atoms with Crippen LogP contribution in [0.25, 0.3) is 0 Å². The van der Waals surface area contributed by atoms with Crippen LogP contribution in [0.5, 0.6) is 0 Å². The molecule has 5 heteroatoms. The van der Waals surface area contributed by atoms with Crippen molar-refractivity contribution in [1.29, 1.82) is 0 Å². The summed E-state index contributed by atoms with van der Waals surface area (Å²) in [6.07, 6.45) is 1.02. The Kier molecular flexibility index (Phi) is 4.42. The molecule has 4 nitrogen and oxygen atoms in total. The lowest BCUT2D eigenvalue weighted by atomic mass is 10.1. The first-order chi connectivity index (χ1) is 9.49. The second-order valence-corrected chi connectivity index (χ2v) is 6.16. The second-order valence-electron chi connectivity index (χ2n) is 4.60. The molecule has 0 radical (unpaired) electrons. The summed E-state index contributed by atoms with van der Waals surface area (Å²) < 4.78 is 22.6. The monoisotopic (exact) mass is 290 g/mol. The average Bonchev–Trinajstić information content (AvgIpc) is 2.45. The van der Waals surface area contributed by atoms with E-state index in [2.05, 4.69) is 36.5 Å². The Morgan fingerprint density at radius 3 is 2.30 bits per heavy atom. The summed E-state index contributed by atoms with van der Waals surface area (Å²) in [5.74, 6) is 0. The predicted molar refractivity (Wildman–Crippen MR) is 81.0 cm³/mol. The van der Waals surface area contributed by atoms with E-state index in [4.69, 9.17) is 5.14 Å². The number of rotatable bonds is 5. The van der Waals surface area contributed by atoms with Gasteiger partial charge in [0.15, 0.2) is 0 Å². The maximum atomic E-state index is 11.3. The van der Waals surface area contributed by atoms with Gasteiger partial charge in [0.25, 0.3) is 0 Å². The molecule has 2 aromatic rings. The van der Waals surface area contributed by atoms with Gasteiger partial charge < -0.3 is 5.32 Å². The first-order valence-electron chi connectivity index (χ1n) is 6.43. The minimum absolute atomic E-state index is 0.115. The van der Waals surface area contributed by atoms with Crippen molar-refractivity contribution in [2.45, 2.75) is 24.8 Å². The van der Waals surface area contributed by atoms with Crippen molar-refractivity contribution in [3.8, 4) is 0 Å². The fourth-order valence-corrected chi connectivity index (χ4v) is 2.44. The molecule has 0 atom stereocenters. The lowest BCUT2D eigenvalue weighted by molar-refractivity contribution is 0.598. The van der Waals surface area contributed by atoms with Crippen molar-refractivity contribution < 1.29 is 8.42 Å². The maximum Gasteiger partial charge on any atom is 0.238 e. The largest absolute Gasteiger partial charge is 0.381 e. The molecule has 0 spiro atoms. The summed E-state index contributed by atoms with van der Waals surface area (Å²) in [5.41, 5.74) is 3.17. The molecule has 106 valence electrons. The quantitative estimate of drug-likeness (QED) is 0.888. The molecule has 20 heavy (non-hydrogen) atoms. The van der Waals surface area contributed by atoms with Crippen molar-refractivity contribution in [2.75, 3.05) is 5.32 Å². The Labute approximate surface area is 119 Å². The summed E-state index contributed by atoms with van der Waals surface area (Å²) in [5, 5.41) is 8.30. The van der Waals surface area contributed by atoms with Crippen LogP contribution in [-0.2, 0) is 23.0 Å². The van der Waals surface area contributed by atoms with Crippen molar-refractivity contribution in [3.63, 3.8) is 0 Å². The van der Waals surface area contributed by atoms with Crippen LogP contribution in [0.15, 0.2) is 53.4 Å². The third-order valence-corrected chi connectivity index (χ3v) is 4.00. The number of sulfonamides is 1. The molecule has 0 aliphatic carbocycles. The highest BCUT2D eigenvalue weighted by atomic mass is 32.2. The summed E-state index contributed by atoms with van der Waals surface area (Å²) in [4.78, 5) is 0.115. The number of aryl methyl sites for hydroxylation is 1. The standard InChI is InChI=1S/C15H18N2O2S/c1-2-12-6-8-13(9-7-12)11-17-14-4-3-5-15(10-14)20(16,18)19/h3-10,17H,2,11H2,1H3,(H2,16,18,19). The van der Waals surface area contributed by atoms with Gasteiger partial charge in [-0.2, -0.15) is 0 Å². The van der Waals surface area contributed by atoms with Crippen LogP contribution in [0.1, 0.15) is 18.1 Å². The minimum atomic E-state index is -3.66. The molecule has 0 saturated heterocycles. The SMILES string of the molecule is CCc1ccc(CNc2cccc(S(N)(=O)=O)c2)cc1. The maximum absolute atomic E-state index is 11.3. The molecule has 0 bridgehead atoms. The molecule has 3 N–H and O–H groups in total. The smallest absolute Gasteiger partial charge is 0.238 e. The van der Waals surface area contributed by atoms with Crippen LogP contribution >= 0.6 is 0 Å². The zero-order chi connectivity index (χ0) is 14.6. The molecular weight excluding hydrogens is 272 g/mol. The highest BCUT2D eigenvalue weighted by molar-refractivity contribution is 7.89. The molecule has 0 aromatic heterocycles. The van der Waals surface area contributed by atoms with Gasteiger partial charge in [0.05, 0.1) is 4.90 Å². The van der Waals surface area contributed by atoms with E-state index in [9.17, 15) is 8.42 Å². The molecule has 0 fully saturated rings. The van der Waals surface area contributed by atoms with Crippen LogP contribution < -0.4 is 10.5 Å². The molecular formula is C15H18N2O2S. The predicted octanol–water partition coefficient (Wildman–Crippen LogP) is 2.51. The van der Waals surface area contributed by atoms with E-state index in [0.29, 0.717) is 6.54 Å². The van der Waals surface area contributed by atoms with E-state index in [1.54, 1.807) is 6.07 Å². The lowest BCUT2D eigenvalue weighted by Gasteiger charge is -2.08. The van der Waals surface area contributed by atoms with Crippen LogP contribution in [0.2, 0.25) is 0 Å². The highest BCUT2D eigenvalue weighted by Crippen LogP contribution is 2.15. The normalized spacial score (nSPS) is 11.3. The molecule has 0 amide bonds. The molecule has 0 saturated carbocycles. The van der Waals surface area contributed by atoms with Gasteiger partial charge in [-0.15, -0.1) is 0 Å². The van der Waals surface area contributed by atoms with E-state index < -0.39 is 10.0 Å². The average molecular weight is 290 g/mol. The van der Waals surface area contributed by atoms with Crippen molar-refractivity contribution in [3.05, 3.63) is 59.7 Å². The van der Waals surface area contributed by atoms with E-state index in [1.807, 2.05) is 6.07 Å². The third-order valence-electron chi connectivity index (χ3n) is 3.09. The zero-order valence-corrected chi connectivity index (χ0v) is 12.2. The third kappa shape index (κ3) is 3.82. The molecule has 0 heterocycles. The summed E-state index contributed by atoms with van der Waals surface area (Å²) in [6.45, 7) is 2.75. The number of primary sulfonamides is 1. The van der Waals surface area contributed by atoms with Crippen LogP contribution in [0.3, 0.4) is 0 Å². The summed E-state index contributed by atoms with van der Waals surface area (Å²) in [7, 11) is -3.66. The Morgan fingerprint density at radius 1 is 1.05 bits per heavy atom. The number of benzene rings is 2. The van der Waals surface area contributed by atoms with Gasteiger partial charge in [0, 0.05) is 12.2 Å². The minimum Gasteiger partial charge on any atom is -0.381 e. The Morgan fingerprint density at radius 2 is 1.70 bits per heavy atom. The van der Waals surface area contributed by atoms with Gasteiger partial charge in [-0.3, -0.25) is 0 Å².